The molecule has 1 aromatic rings. The summed E-state index contributed by atoms with van der Waals surface area (Å²) in [5, 5.41) is 0. The van der Waals surface area contributed by atoms with E-state index < -0.39 is 0 Å². The Hall–Kier alpha value is -1.02. The molecule has 2 nitrogen and oxygen atoms in total. The summed E-state index contributed by atoms with van der Waals surface area (Å²) in [6, 6.07) is 9.49. The average Bonchev–Trinajstić information content (AvgIpc) is 2.39. The molecule has 0 radical (unpaired) electrons. The van der Waals surface area contributed by atoms with Crippen LogP contribution >= 0.6 is 0 Å². The minimum absolute atomic E-state index is 0.822. The van der Waals surface area contributed by atoms with Crippen molar-refractivity contribution in [2.24, 2.45) is 0 Å². The molecule has 0 spiro atoms. The minimum atomic E-state index is 0.822. The lowest BCUT2D eigenvalue weighted by Crippen LogP contribution is -2.12. The molecule has 0 aliphatic heterocycles. The highest BCUT2D eigenvalue weighted by atomic mass is 15.0. The van der Waals surface area contributed by atoms with E-state index in [2.05, 4.69) is 25.9 Å². The van der Waals surface area contributed by atoms with Gasteiger partial charge in [0.15, 0.2) is 0 Å². The monoisotopic (exact) mass is 252 g/mol. The van der Waals surface area contributed by atoms with Gasteiger partial charge in [-0.15, -0.1) is 0 Å². The first-order chi connectivity index (χ1) is 8.66. The second kappa shape index (κ2) is 16.0. The number of anilines is 1. The van der Waals surface area contributed by atoms with E-state index in [1.54, 1.807) is 0 Å². The van der Waals surface area contributed by atoms with Gasteiger partial charge in [0.1, 0.15) is 0 Å². The van der Waals surface area contributed by atoms with Crippen LogP contribution in [0.2, 0.25) is 0 Å². The van der Waals surface area contributed by atoms with Crippen molar-refractivity contribution in [3.63, 3.8) is 0 Å². The SMILES string of the molecule is CC.CCCCCCN(C)C.Nc1ccccc1. The zero-order valence-electron chi connectivity index (χ0n) is 12.9. The molecule has 0 aliphatic carbocycles. The molecule has 0 bridgehead atoms. The van der Waals surface area contributed by atoms with E-state index in [0.717, 1.165) is 5.69 Å². The molecule has 0 aromatic heterocycles. The summed E-state index contributed by atoms with van der Waals surface area (Å²) in [5.41, 5.74) is 6.18. The van der Waals surface area contributed by atoms with Gasteiger partial charge in [-0.25, -0.2) is 0 Å². The Balaban J connectivity index is 0. The summed E-state index contributed by atoms with van der Waals surface area (Å²) >= 11 is 0. The number of nitrogen functional groups attached to an aromatic ring is 1. The second-order valence-electron chi connectivity index (χ2n) is 4.27. The highest BCUT2D eigenvalue weighted by Gasteiger charge is 1.88. The minimum Gasteiger partial charge on any atom is -0.399 e. The highest BCUT2D eigenvalue weighted by Crippen LogP contribution is 1.98. The van der Waals surface area contributed by atoms with Gasteiger partial charge in [-0.2, -0.15) is 0 Å². The third-order valence-corrected chi connectivity index (χ3v) is 2.26. The fourth-order valence-corrected chi connectivity index (χ4v) is 1.31. The predicted octanol–water partition coefficient (Wildman–Crippen LogP) is 4.42. The molecule has 0 heterocycles. The number of hydrogen-bond donors (Lipinski definition) is 1. The smallest absolute Gasteiger partial charge is 0.0313 e. The van der Waals surface area contributed by atoms with E-state index in [1.165, 1.54) is 32.2 Å². The van der Waals surface area contributed by atoms with E-state index in [9.17, 15) is 0 Å². The fourth-order valence-electron chi connectivity index (χ4n) is 1.31. The fraction of sp³-hybridized carbons (Fsp3) is 0.625. The van der Waals surface area contributed by atoms with Crippen molar-refractivity contribution in [3.8, 4) is 0 Å². The van der Waals surface area contributed by atoms with Crippen LogP contribution in [0.1, 0.15) is 46.5 Å². The standard InChI is InChI=1S/C8H19N.C6H7N.C2H6/c1-4-5-6-7-8-9(2)3;7-6-4-2-1-3-5-6;1-2/h4-8H2,1-3H3;1-5H,7H2;1-2H3. The Morgan fingerprint density at radius 2 is 1.50 bits per heavy atom. The van der Waals surface area contributed by atoms with Crippen LogP contribution in [0.25, 0.3) is 0 Å². The number of nitrogens with zero attached hydrogens (tertiary/aromatic N) is 1. The van der Waals surface area contributed by atoms with Gasteiger partial charge in [0.25, 0.3) is 0 Å². The predicted molar refractivity (Wildman–Crippen MR) is 84.9 cm³/mol. The van der Waals surface area contributed by atoms with Crippen LogP contribution in [-0.2, 0) is 0 Å². The first-order valence-corrected chi connectivity index (χ1v) is 7.12. The van der Waals surface area contributed by atoms with Gasteiger partial charge < -0.3 is 10.6 Å². The molecule has 0 saturated carbocycles. The summed E-state index contributed by atoms with van der Waals surface area (Å²) < 4.78 is 0. The quantitative estimate of drug-likeness (QED) is 0.621. The van der Waals surface area contributed by atoms with Gasteiger partial charge in [0, 0.05) is 5.69 Å². The Morgan fingerprint density at radius 1 is 0.944 bits per heavy atom. The first-order valence-electron chi connectivity index (χ1n) is 7.12. The lowest BCUT2D eigenvalue weighted by atomic mass is 10.2. The van der Waals surface area contributed by atoms with Crippen molar-refractivity contribution in [1.82, 2.24) is 4.90 Å². The molecule has 0 atom stereocenters. The summed E-state index contributed by atoms with van der Waals surface area (Å²) in [7, 11) is 4.26. The van der Waals surface area contributed by atoms with Gasteiger partial charge >= 0.3 is 0 Å². The van der Waals surface area contributed by atoms with Crippen LogP contribution in [-0.4, -0.2) is 25.5 Å². The summed E-state index contributed by atoms with van der Waals surface area (Å²) in [4.78, 5) is 2.25. The molecule has 0 fully saturated rings. The molecule has 0 amide bonds. The Kier molecular flexibility index (Phi) is 17.2. The second-order valence-corrected chi connectivity index (χ2v) is 4.27. The number of benzene rings is 1. The van der Waals surface area contributed by atoms with Crippen LogP contribution in [0.3, 0.4) is 0 Å². The molecule has 0 aliphatic rings. The average molecular weight is 252 g/mol. The van der Waals surface area contributed by atoms with Gasteiger partial charge in [0.05, 0.1) is 0 Å². The van der Waals surface area contributed by atoms with Crippen molar-refractivity contribution >= 4 is 5.69 Å². The van der Waals surface area contributed by atoms with Gasteiger partial charge in [-0.3, -0.25) is 0 Å². The molecule has 0 saturated heterocycles. The van der Waals surface area contributed by atoms with Crippen molar-refractivity contribution in [1.29, 1.82) is 0 Å². The van der Waals surface area contributed by atoms with Gasteiger partial charge in [0.2, 0.25) is 0 Å². The van der Waals surface area contributed by atoms with E-state index in [4.69, 9.17) is 5.73 Å². The molecule has 2 N–H and O–H groups in total. The lowest BCUT2D eigenvalue weighted by Gasteiger charge is -2.07. The van der Waals surface area contributed by atoms with Crippen LogP contribution in [0.15, 0.2) is 30.3 Å². The Morgan fingerprint density at radius 3 is 1.83 bits per heavy atom. The van der Waals surface area contributed by atoms with Crippen molar-refractivity contribution in [3.05, 3.63) is 30.3 Å². The number of hydrogen-bond acceptors (Lipinski definition) is 2. The first kappa shape index (κ1) is 19.3. The Bertz CT molecular complexity index is 232. The summed E-state index contributed by atoms with van der Waals surface area (Å²) in [5.74, 6) is 0. The molecular formula is C16H32N2. The van der Waals surface area contributed by atoms with Crippen molar-refractivity contribution in [2.45, 2.75) is 46.5 Å². The maximum absolute atomic E-state index is 5.36. The van der Waals surface area contributed by atoms with Crippen LogP contribution < -0.4 is 5.73 Å². The number of unbranched alkanes of at least 4 members (excludes halogenated alkanes) is 3. The van der Waals surface area contributed by atoms with E-state index in [0.29, 0.717) is 0 Å². The summed E-state index contributed by atoms with van der Waals surface area (Å²) in [6.45, 7) is 7.50. The van der Waals surface area contributed by atoms with Crippen molar-refractivity contribution in [2.75, 3.05) is 26.4 Å². The molecule has 2 heteroatoms. The topological polar surface area (TPSA) is 29.3 Å². The summed E-state index contributed by atoms with van der Waals surface area (Å²) in [6.07, 6.45) is 5.50. The number of para-hydroxylation sites is 1. The molecule has 0 unspecified atom stereocenters. The van der Waals surface area contributed by atoms with E-state index in [1.807, 2.05) is 44.2 Å². The number of rotatable bonds is 5. The highest BCUT2D eigenvalue weighted by molar-refractivity contribution is 5.35. The number of nitrogens with two attached hydrogens (primary N) is 1. The molecule has 106 valence electrons. The normalized spacial score (nSPS) is 9.00. The van der Waals surface area contributed by atoms with Crippen LogP contribution in [0, 0.1) is 0 Å². The zero-order chi connectivity index (χ0) is 14.2. The zero-order valence-corrected chi connectivity index (χ0v) is 12.9. The molecule has 1 rings (SSSR count). The van der Waals surface area contributed by atoms with Crippen molar-refractivity contribution < 1.29 is 0 Å². The van der Waals surface area contributed by atoms with Gasteiger partial charge in [-0.1, -0.05) is 58.2 Å². The molecule has 18 heavy (non-hydrogen) atoms. The third-order valence-electron chi connectivity index (χ3n) is 2.26. The van der Waals surface area contributed by atoms with E-state index >= 15 is 0 Å². The molecule has 1 aromatic carbocycles. The van der Waals surface area contributed by atoms with Crippen LogP contribution in [0.4, 0.5) is 5.69 Å². The Labute approximate surface area is 114 Å². The third kappa shape index (κ3) is 17.4. The van der Waals surface area contributed by atoms with Crippen LogP contribution in [0.5, 0.6) is 0 Å². The maximum atomic E-state index is 5.36. The maximum Gasteiger partial charge on any atom is 0.0313 e. The van der Waals surface area contributed by atoms with E-state index in [-0.39, 0.29) is 0 Å². The van der Waals surface area contributed by atoms with Gasteiger partial charge in [-0.05, 0) is 39.2 Å². The molecular weight excluding hydrogens is 220 g/mol. The largest absolute Gasteiger partial charge is 0.399 e. The lowest BCUT2D eigenvalue weighted by molar-refractivity contribution is 0.391.